The molecule has 336 valence electrons. The number of rotatable bonds is 20. The number of alkyl halides is 1. The highest BCUT2D eigenvalue weighted by Gasteiger charge is 2.65. The molecule has 1 fully saturated rings. The minimum absolute atomic E-state index is 0.0168. The standard InChI is InChI=1S/C53H59ClN2O8/c1-3-29-61-53-49(56(52(59)60-30-26-54)35-40-19-13-18-37-15-7-8-20-43(37)40)34-47(55-62-4-2)45-32-39(17-9-11-27-57)44(21-10-12-28-58)50(51(45)53)46-33-42(24-25-48(46)64-53)63-41-23-22-36-14-5-6-16-38(36)31-41/h3,5-8,13-16,18-20,22-25,31-33,39,44,49-51,57-58H,1,4,9-12,17,21,26-30,34-35H2,2H3/t39-,44+,49-,50+,51+,53+/m0/s1. The molecule has 11 heteroatoms. The molecule has 0 saturated heterocycles. The Morgan fingerprint density at radius 1 is 0.906 bits per heavy atom. The first kappa shape index (κ1) is 45.2. The lowest BCUT2D eigenvalue weighted by Crippen LogP contribution is -2.70. The number of halogens is 1. The van der Waals surface area contributed by atoms with E-state index in [1.54, 1.807) is 11.0 Å². The molecule has 1 saturated carbocycles. The van der Waals surface area contributed by atoms with Gasteiger partial charge in [-0.1, -0.05) is 103 Å². The van der Waals surface area contributed by atoms with Crippen molar-refractivity contribution in [3.8, 4) is 17.2 Å². The second kappa shape index (κ2) is 21.1. The monoisotopic (exact) mass is 886 g/mol. The number of hydrogen-bond donors (Lipinski definition) is 2. The van der Waals surface area contributed by atoms with Gasteiger partial charge in [-0.2, -0.15) is 0 Å². The molecule has 0 aromatic heterocycles. The molecule has 64 heavy (non-hydrogen) atoms. The minimum atomic E-state index is -1.46. The molecule has 0 bridgehead atoms. The van der Waals surface area contributed by atoms with Gasteiger partial charge in [0.1, 0.15) is 36.5 Å². The SMILES string of the molecule is C=CCO[C@@]12Oc3ccc(Oc4ccc5ccccc5c4)cc3[C@H]3[C@H](CCCCO)[C@@H](CCCCO)C=C(C(=NOCC)C[C@@H]1N(Cc1cccc4ccccc14)C(=O)OCCCl)[C@H]32. The summed E-state index contributed by atoms with van der Waals surface area (Å²) in [7, 11) is 0. The van der Waals surface area contributed by atoms with Gasteiger partial charge in [0.25, 0.3) is 0 Å². The van der Waals surface area contributed by atoms with Crippen molar-refractivity contribution in [1.29, 1.82) is 0 Å². The number of aliphatic hydroxyl groups is 2. The minimum Gasteiger partial charge on any atom is -0.459 e. The first-order chi connectivity index (χ1) is 31.4. The Morgan fingerprint density at radius 2 is 1.64 bits per heavy atom. The lowest BCUT2D eigenvalue weighted by molar-refractivity contribution is -0.256. The molecule has 0 unspecified atom stereocenters. The van der Waals surface area contributed by atoms with E-state index in [0.717, 1.165) is 63.9 Å². The van der Waals surface area contributed by atoms with E-state index >= 15 is 0 Å². The third-order valence-electron chi connectivity index (χ3n) is 13.0. The van der Waals surface area contributed by atoms with Crippen molar-refractivity contribution in [2.24, 2.45) is 22.9 Å². The molecule has 6 atom stereocenters. The van der Waals surface area contributed by atoms with Gasteiger partial charge < -0.3 is 34.0 Å². The Labute approximate surface area is 381 Å². The van der Waals surface area contributed by atoms with E-state index in [0.29, 0.717) is 42.4 Å². The molecule has 5 aromatic rings. The van der Waals surface area contributed by atoms with Crippen molar-refractivity contribution in [3.05, 3.63) is 139 Å². The van der Waals surface area contributed by atoms with Crippen LogP contribution < -0.4 is 9.47 Å². The first-order valence-electron chi connectivity index (χ1n) is 22.8. The second-order valence-corrected chi connectivity index (χ2v) is 17.2. The third-order valence-corrected chi connectivity index (χ3v) is 13.2. The summed E-state index contributed by atoms with van der Waals surface area (Å²) in [4.78, 5) is 22.4. The van der Waals surface area contributed by atoms with Crippen LogP contribution in [-0.4, -0.2) is 77.7 Å². The number of benzene rings is 5. The van der Waals surface area contributed by atoms with E-state index in [-0.39, 0.29) is 63.0 Å². The predicted octanol–water partition coefficient (Wildman–Crippen LogP) is 11.3. The maximum Gasteiger partial charge on any atom is 0.410 e. The molecule has 1 heterocycles. The Kier molecular flexibility index (Phi) is 14.9. The van der Waals surface area contributed by atoms with E-state index in [2.05, 4.69) is 55.1 Å². The number of allylic oxidation sites excluding steroid dienone is 1. The van der Waals surface area contributed by atoms with Crippen molar-refractivity contribution in [2.75, 3.05) is 38.9 Å². The molecule has 5 aromatic carbocycles. The number of aliphatic hydroxyl groups excluding tert-OH is 2. The Morgan fingerprint density at radius 3 is 2.42 bits per heavy atom. The van der Waals surface area contributed by atoms with E-state index in [9.17, 15) is 15.0 Å². The van der Waals surface area contributed by atoms with Gasteiger partial charge in [0.2, 0.25) is 5.79 Å². The molecule has 0 spiro atoms. The van der Waals surface area contributed by atoms with Crippen LogP contribution in [0.15, 0.2) is 133 Å². The van der Waals surface area contributed by atoms with Crippen molar-refractivity contribution in [1.82, 2.24) is 4.90 Å². The van der Waals surface area contributed by atoms with Gasteiger partial charge in [-0.15, -0.1) is 18.2 Å². The van der Waals surface area contributed by atoms with Gasteiger partial charge in [-0.3, -0.25) is 4.90 Å². The molecule has 1 amide bonds. The summed E-state index contributed by atoms with van der Waals surface area (Å²) in [5.41, 5.74) is 3.57. The lowest BCUT2D eigenvalue weighted by atomic mass is 9.55. The van der Waals surface area contributed by atoms with E-state index < -0.39 is 23.8 Å². The van der Waals surface area contributed by atoms with Crippen molar-refractivity contribution in [2.45, 2.75) is 76.2 Å². The summed E-state index contributed by atoms with van der Waals surface area (Å²) in [5.74, 6) is 0.103. The summed E-state index contributed by atoms with van der Waals surface area (Å²) in [6, 6.07) is 33.8. The van der Waals surface area contributed by atoms with Crippen LogP contribution in [0.2, 0.25) is 0 Å². The Balaban J connectivity index is 1.34. The van der Waals surface area contributed by atoms with Crippen molar-refractivity contribution < 1.29 is 38.8 Å². The Bertz CT molecular complexity index is 2470. The van der Waals surface area contributed by atoms with Crippen LogP contribution in [-0.2, 0) is 20.9 Å². The van der Waals surface area contributed by atoms with Crippen molar-refractivity contribution in [3.63, 3.8) is 0 Å². The number of hydrogen-bond acceptors (Lipinski definition) is 9. The number of oxime groups is 1. The van der Waals surface area contributed by atoms with Gasteiger partial charge in [-0.05, 0) is 107 Å². The van der Waals surface area contributed by atoms with Crippen molar-refractivity contribution >= 4 is 45.0 Å². The average Bonchev–Trinajstić information content (AvgIpc) is 3.32. The smallest absolute Gasteiger partial charge is 0.410 e. The van der Waals surface area contributed by atoms with Crippen LogP contribution in [0, 0.1) is 17.8 Å². The molecular formula is C53H59ClN2O8. The first-order valence-corrected chi connectivity index (χ1v) is 23.3. The second-order valence-electron chi connectivity index (χ2n) is 16.9. The largest absolute Gasteiger partial charge is 0.459 e. The van der Waals surface area contributed by atoms with Gasteiger partial charge in [0.15, 0.2) is 0 Å². The molecule has 3 aliphatic rings. The van der Waals surface area contributed by atoms with Crippen LogP contribution in [0.5, 0.6) is 17.2 Å². The van der Waals surface area contributed by atoms with E-state index in [4.69, 9.17) is 40.5 Å². The van der Waals surface area contributed by atoms with Crippen LogP contribution in [0.3, 0.4) is 0 Å². The zero-order valence-electron chi connectivity index (χ0n) is 36.6. The molecular weight excluding hydrogens is 828 g/mol. The fraction of sp³-hybridized carbons (Fsp3) is 0.396. The summed E-state index contributed by atoms with van der Waals surface area (Å²) in [6.45, 7) is 6.86. The van der Waals surface area contributed by atoms with E-state index in [1.807, 2.05) is 67.6 Å². The Hall–Kier alpha value is -5.39. The zero-order chi connectivity index (χ0) is 44.5. The average molecular weight is 888 g/mol. The summed E-state index contributed by atoms with van der Waals surface area (Å²) in [5, 5.41) is 29.1. The highest BCUT2D eigenvalue weighted by molar-refractivity contribution is 6.18. The maximum absolute atomic E-state index is 14.8. The molecule has 10 nitrogen and oxygen atoms in total. The molecule has 0 radical (unpaired) electrons. The summed E-state index contributed by atoms with van der Waals surface area (Å²) < 4.78 is 27.2. The van der Waals surface area contributed by atoms with Crippen LogP contribution >= 0.6 is 11.6 Å². The number of unbranched alkanes of at least 4 members (excludes halogenated alkanes) is 2. The van der Waals surface area contributed by atoms with Gasteiger partial charge >= 0.3 is 6.09 Å². The normalized spacial score (nSPS) is 22.8. The fourth-order valence-corrected chi connectivity index (χ4v) is 10.4. The molecule has 2 N–H and O–H groups in total. The van der Waals surface area contributed by atoms with Gasteiger partial charge in [-0.25, -0.2) is 4.79 Å². The molecule has 2 aliphatic carbocycles. The van der Waals surface area contributed by atoms with Gasteiger partial charge in [0, 0.05) is 31.1 Å². The quantitative estimate of drug-likeness (QED) is 0.0343. The van der Waals surface area contributed by atoms with Gasteiger partial charge in [0.05, 0.1) is 30.7 Å². The van der Waals surface area contributed by atoms with Crippen LogP contribution in [0.4, 0.5) is 4.79 Å². The fourth-order valence-electron chi connectivity index (χ4n) is 10.3. The molecule has 8 rings (SSSR count). The predicted molar refractivity (Wildman–Crippen MR) is 252 cm³/mol. The summed E-state index contributed by atoms with van der Waals surface area (Å²) in [6.07, 6.45) is 8.36. The number of fused-ring (bicyclic) bond motifs is 4. The molecule has 1 aliphatic heterocycles. The third kappa shape index (κ3) is 9.38. The number of carbonyl (C=O) groups excluding carboxylic acids is 1. The topological polar surface area (TPSA) is 119 Å². The number of carbonyl (C=O) groups is 1. The number of amides is 1. The van der Waals surface area contributed by atoms with Crippen LogP contribution in [0.1, 0.15) is 68.9 Å². The number of ether oxygens (including phenoxy) is 4. The number of nitrogens with zero attached hydrogens (tertiary/aromatic N) is 2. The highest BCUT2D eigenvalue weighted by atomic mass is 35.5. The highest BCUT2D eigenvalue weighted by Crippen LogP contribution is 2.62. The zero-order valence-corrected chi connectivity index (χ0v) is 37.3. The lowest BCUT2D eigenvalue weighted by Gasteiger charge is -2.59. The maximum atomic E-state index is 14.8. The van der Waals surface area contributed by atoms with E-state index in [1.165, 1.54) is 0 Å². The van der Waals surface area contributed by atoms with Crippen LogP contribution in [0.25, 0.3) is 21.5 Å². The summed E-state index contributed by atoms with van der Waals surface area (Å²) >= 11 is 6.16.